The summed E-state index contributed by atoms with van der Waals surface area (Å²) >= 11 is 0. The van der Waals surface area contributed by atoms with E-state index < -0.39 is 31.0 Å². The van der Waals surface area contributed by atoms with Crippen molar-refractivity contribution in [1.29, 1.82) is 0 Å². The van der Waals surface area contributed by atoms with Crippen LogP contribution >= 0.6 is 0 Å². The minimum absolute atomic E-state index is 0.0155. The Morgan fingerprint density at radius 3 is 2.42 bits per heavy atom. The largest absolute Gasteiger partial charge is 0.455 e. The van der Waals surface area contributed by atoms with Crippen LogP contribution in [0.4, 0.5) is 20.2 Å². The minimum atomic E-state index is -2.94. The summed E-state index contributed by atoms with van der Waals surface area (Å²) in [5.41, 5.74) is 2.20. The molecule has 7 nitrogen and oxygen atoms in total. The smallest absolute Gasteiger partial charge is 0.387 e. The van der Waals surface area contributed by atoms with Gasteiger partial charge in [-0.15, -0.1) is 0 Å². The number of alkyl halides is 2. The highest BCUT2D eigenvalue weighted by Crippen LogP contribution is 2.26. The van der Waals surface area contributed by atoms with Gasteiger partial charge in [-0.25, -0.2) is 0 Å². The van der Waals surface area contributed by atoms with E-state index in [1.54, 1.807) is 0 Å². The molecular formula is C22H22F2N2O5. The van der Waals surface area contributed by atoms with E-state index in [4.69, 9.17) is 4.74 Å². The summed E-state index contributed by atoms with van der Waals surface area (Å²) in [4.78, 5) is 38.1. The van der Waals surface area contributed by atoms with Crippen molar-refractivity contribution in [2.45, 2.75) is 26.4 Å². The minimum Gasteiger partial charge on any atom is -0.455 e. The first-order valence-corrected chi connectivity index (χ1v) is 9.76. The maximum Gasteiger partial charge on any atom is 0.387 e. The van der Waals surface area contributed by atoms with E-state index in [1.807, 2.05) is 31.2 Å². The van der Waals surface area contributed by atoms with Crippen LogP contribution in [0.5, 0.6) is 5.75 Å². The Bertz CT molecular complexity index is 932. The molecule has 1 saturated heterocycles. The molecule has 0 radical (unpaired) electrons. The van der Waals surface area contributed by atoms with Gasteiger partial charge in [0, 0.05) is 24.3 Å². The van der Waals surface area contributed by atoms with Crippen molar-refractivity contribution in [3.63, 3.8) is 0 Å². The lowest BCUT2D eigenvalue weighted by Gasteiger charge is -2.17. The summed E-state index contributed by atoms with van der Waals surface area (Å²) in [6.45, 7) is -1.23. The molecule has 1 aliphatic rings. The van der Waals surface area contributed by atoms with E-state index in [1.165, 1.54) is 29.2 Å². The van der Waals surface area contributed by atoms with Crippen LogP contribution in [0.2, 0.25) is 0 Å². The van der Waals surface area contributed by atoms with Gasteiger partial charge in [0.05, 0.1) is 5.92 Å². The molecule has 1 fully saturated rings. The lowest BCUT2D eigenvalue weighted by Crippen LogP contribution is -2.28. The number of ether oxygens (including phenoxy) is 2. The monoisotopic (exact) mass is 432 g/mol. The Morgan fingerprint density at radius 2 is 1.81 bits per heavy atom. The second-order valence-electron chi connectivity index (χ2n) is 6.98. The van der Waals surface area contributed by atoms with Crippen molar-refractivity contribution < 1.29 is 32.6 Å². The van der Waals surface area contributed by atoms with Gasteiger partial charge < -0.3 is 19.7 Å². The number of rotatable bonds is 8. The number of aryl methyl sites for hydroxylation is 1. The Morgan fingerprint density at radius 1 is 1.13 bits per heavy atom. The molecule has 0 spiro atoms. The summed E-state index contributed by atoms with van der Waals surface area (Å²) in [5, 5.41) is 2.49. The van der Waals surface area contributed by atoms with Crippen LogP contribution in [0, 0.1) is 5.92 Å². The second kappa shape index (κ2) is 10.0. The van der Waals surface area contributed by atoms with E-state index in [0.717, 1.165) is 17.7 Å². The van der Waals surface area contributed by atoms with Crippen molar-refractivity contribution in [2.75, 3.05) is 23.4 Å². The predicted molar refractivity (Wildman–Crippen MR) is 109 cm³/mol. The quantitative estimate of drug-likeness (QED) is 0.647. The van der Waals surface area contributed by atoms with Crippen molar-refractivity contribution in [1.82, 2.24) is 0 Å². The Hall–Kier alpha value is -3.49. The van der Waals surface area contributed by atoms with Gasteiger partial charge in [-0.1, -0.05) is 19.1 Å². The van der Waals surface area contributed by atoms with Gasteiger partial charge in [0.25, 0.3) is 5.91 Å². The first-order valence-electron chi connectivity index (χ1n) is 9.76. The predicted octanol–water partition coefficient (Wildman–Crippen LogP) is 3.39. The first kappa shape index (κ1) is 22.2. The highest BCUT2D eigenvalue weighted by Gasteiger charge is 2.36. The molecule has 31 heavy (non-hydrogen) atoms. The third-order valence-electron chi connectivity index (χ3n) is 4.82. The van der Waals surface area contributed by atoms with Crippen LogP contribution in [0.15, 0.2) is 48.5 Å². The van der Waals surface area contributed by atoms with Gasteiger partial charge in [0.2, 0.25) is 5.91 Å². The van der Waals surface area contributed by atoms with Gasteiger partial charge in [0.15, 0.2) is 6.61 Å². The number of carbonyl (C=O) groups is 3. The normalized spacial score (nSPS) is 15.8. The number of nitrogens with one attached hydrogen (secondary N) is 1. The zero-order valence-electron chi connectivity index (χ0n) is 16.8. The van der Waals surface area contributed by atoms with Crippen molar-refractivity contribution in [3.8, 4) is 5.75 Å². The molecular weight excluding hydrogens is 410 g/mol. The number of hydrogen-bond donors (Lipinski definition) is 1. The molecule has 1 atom stereocenters. The second-order valence-corrected chi connectivity index (χ2v) is 6.98. The number of carbonyl (C=O) groups excluding carboxylic acids is 3. The van der Waals surface area contributed by atoms with Gasteiger partial charge in [-0.05, 0) is 48.4 Å². The van der Waals surface area contributed by atoms with Crippen LogP contribution in [-0.2, 0) is 25.5 Å². The van der Waals surface area contributed by atoms with Gasteiger partial charge in [0.1, 0.15) is 5.75 Å². The molecule has 3 rings (SSSR count). The summed E-state index contributed by atoms with van der Waals surface area (Å²) < 4.78 is 33.6. The van der Waals surface area contributed by atoms with E-state index in [-0.39, 0.29) is 24.6 Å². The molecule has 2 aromatic rings. The van der Waals surface area contributed by atoms with E-state index >= 15 is 0 Å². The van der Waals surface area contributed by atoms with Crippen LogP contribution in [0.3, 0.4) is 0 Å². The number of benzene rings is 2. The number of halogens is 2. The number of amides is 2. The Balaban J connectivity index is 1.47. The van der Waals surface area contributed by atoms with Crippen LogP contribution < -0.4 is 15.0 Å². The number of anilines is 2. The fraction of sp³-hybridized carbons (Fsp3) is 0.318. The topological polar surface area (TPSA) is 84.9 Å². The average molecular weight is 432 g/mol. The fourth-order valence-electron chi connectivity index (χ4n) is 3.20. The maximum atomic E-state index is 12.3. The van der Waals surface area contributed by atoms with Crippen LogP contribution in [-0.4, -0.2) is 37.5 Å². The summed E-state index contributed by atoms with van der Waals surface area (Å²) in [5.74, 6) is -2.10. The fourth-order valence-corrected chi connectivity index (χ4v) is 3.20. The molecule has 0 bridgehead atoms. The van der Waals surface area contributed by atoms with E-state index in [2.05, 4.69) is 10.1 Å². The Kier molecular flexibility index (Phi) is 7.17. The molecule has 0 saturated carbocycles. The zero-order chi connectivity index (χ0) is 22.4. The number of hydrogen-bond acceptors (Lipinski definition) is 5. The summed E-state index contributed by atoms with van der Waals surface area (Å²) in [6.07, 6.45) is 0.903. The molecule has 1 heterocycles. The van der Waals surface area contributed by atoms with Gasteiger partial charge in [-0.2, -0.15) is 8.78 Å². The van der Waals surface area contributed by atoms with Gasteiger partial charge >= 0.3 is 12.6 Å². The highest BCUT2D eigenvalue weighted by atomic mass is 19.3. The standard InChI is InChI=1S/C22H22F2N2O5/c1-2-14-3-7-17(8-4-14)26-12-15(11-20(26)28)21(29)30-13-19(27)25-16-5-9-18(10-6-16)31-22(23)24/h3-10,15,22H,2,11-13H2,1H3,(H,25,27). The first-order chi connectivity index (χ1) is 14.9. The molecule has 2 aromatic carbocycles. The molecule has 1 N–H and O–H groups in total. The zero-order valence-corrected chi connectivity index (χ0v) is 16.8. The molecule has 0 aliphatic carbocycles. The van der Waals surface area contributed by atoms with Crippen molar-refractivity contribution in [3.05, 3.63) is 54.1 Å². The molecule has 164 valence electrons. The van der Waals surface area contributed by atoms with Crippen molar-refractivity contribution >= 4 is 29.2 Å². The average Bonchev–Trinajstić information content (AvgIpc) is 3.15. The molecule has 0 aromatic heterocycles. The van der Waals surface area contributed by atoms with E-state index in [0.29, 0.717) is 5.69 Å². The Labute approximate surface area is 177 Å². The van der Waals surface area contributed by atoms with E-state index in [9.17, 15) is 23.2 Å². The molecule has 1 unspecified atom stereocenters. The maximum absolute atomic E-state index is 12.3. The number of nitrogens with zero attached hydrogens (tertiary/aromatic N) is 1. The molecule has 1 aliphatic heterocycles. The SMILES string of the molecule is CCc1ccc(N2CC(C(=O)OCC(=O)Nc3ccc(OC(F)F)cc3)CC2=O)cc1. The summed E-state index contributed by atoms with van der Waals surface area (Å²) in [6, 6.07) is 12.9. The van der Waals surface area contributed by atoms with Crippen molar-refractivity contribution in [2.24, 2.45) is 5.92 Å². The summed E-state index contributed by atoms with van der Waals surface area (Å²) in [7, 11) is 0. The lowest BCUT2D eigenvalue weighted by molar-refractivity contribution is -0.151. The third kappa shape index (κ3) is 6.00. The number of esters is 1. The van der Waals surface area contributed by atoms with Crippen LogP contribution in [0.1, 0.15) is 18.9 Å². The molecule has 9 heteroatoms. The van der Waals surface area contributed by atoms with Crippen LogP contribution in [0.25, 0.3) is 0 Å². The lowest BCUT2D eigenvalue weighted by atomic mass is 10.1. The molecule has 2 amide bonds. The highest BCUT2D eigenvalue weighted by molar-refractivity contribution is 6.00. The van der Waals surface area contributed by atoms with Gasteiger partial charge in [-0.3, -0.25) is 14.4 Å². The third-order valence-corrected chi connectivity index (χ3v) is 4.82.